The Kier molecular flexibility index (Phi) is 3.34. The highest BCUT2D eigenvalue weighted by Crippen LogP contribution is 2.28. The number of carboxylic acid groups (broad SMARTS) is 1. The molecule has 0 aliphatic heterocycles. The zero-order valence-corrected chi connectivity index (χ0v) is 12.5. The summed E-state index contributed by atoms with van der Waals surface area (Å²) in [4.78, 5) is 11.4. The van der Waals surface area contributed by atoms with Crippen molar-refractivity contribution in [3.63, 3.8) is 0 Å². The number of hydrogen-bond donors (Lipinski definition) is 1. The van der Waals surface area contributed by atoms with Gasteiger partial charge in [0.1, 0.15) is 16.8 Å². The lowest BCUT2D eigenvalue weighted by Crippen LogP contribution is -2.04. The second kappa shape index (κ2) is 5.17. The number of fused-ring (bicyclic) bond motifs is 1. The molecule has 1 N–H and O–H groups in total. The van der Waals surface area contributed by atoms with Crippen LogP contribution in [0.15, 0.2) is 40.9 Å². The monoisotopic (exact) mass is 347 g/mol. The third-order valence-electron chi connectivity index (χ3n) is 3.08. The Bertz CT molecular complexity index is 845. The number of aromatic nitrogens is 3. The Balaban J connectivity index is 2.33. The van der Waals surface area contributed by atoms with Gasteiger partial charge in [-0.2, -0.15) is 0 Å². The Hall–Kier alpha value is -2.41. The quantitative estimate of drug-likeness (QED) is 0.788. The van der Waals surface area contributed by atoms with Gasteiger partial charge in [0.25, 0.3) is 0 Å². The number of halogens is 1. The molecule has 2 aromatic carbocycles. The average Bonchev–Trinajstić information content (AvgIpc) is 2.91. The summed E-state index contributed by atoms with van der Waals surface area (Å²) in [6.07, 6.45) is 0. The topological polar surface area (TPSA) is 77.2 Å². The molecule has 0 bridgehead atoms. The van der Waals surface area contributed by atoms with E-state index >= 15 is 0 Å². The van der Waals surface area contributed by atoms with Crippen molar-refractivity contribution < 1.29 is 14.6 Å². The summed E-state index contributed by atoms with van der Waals surface area (Å²) in [5, 5.41) is 17.4. The highest BCUT2D eigenvalue weighted by atomic mass is 79.9. The molecule has 0 saturated carbocycles. The van der Waals surface area contributed by atoms with Crippen molar-refractivity contribution in [2.45, 2.75) is 0 Å². The maximum atomic E-state index is 11.4. The average molecular weight is 348 g/mol. The van der Waals surface area contributed by atoms with Gasteiger partial charge in [0.15, 0.2) is 0 Å². The van der Waals surface area contributed by atoms with Crippen molar-refractivity contribution in [3.05, 3.63) is 46.4 Å². The maximum Gasteiger partial charge on any atom is 0.337 e. The van der Waals surface area contributed by atoms with Crippen LogP contribution in [0.25, 0.3) is 16.7 Å². The van der Waals surface area contributed by atoms with Crippen molar-refractivity contribution >= 4 is 32.9 Å². The molecule has 0 atom stereocenters. The molecule has 3 rings (SSSR count). The molecular weight excluding hydrogens is 338 g/mol. The molecule has 0 spiro atoms. The van der Waals surface area contributed by atoms with Gasteiger partial charge in [0.2, 0.25) is 0 Å². The van der Waals surface area contributed by atoms with Crippen LogP contribution in [-0.4, -0.2) is 33.2 Å². The van der Waals surface area contributed by atoms with E-state index in [0.717, 1.165) is 4.47 Å². The van der Waals surface area contributed by atoms with Crippen molar-refractivity contribution in [2.75, 3.05) is 7.11 Å². The highest BCUT2D eigenvalue weighted by Gasteiger charge is 2.17. The fraction of sp³-hybridized carbons (Fsp3) is 0.0714. The lowest BCUT2D eigenvalue weighted by atomic mass is 10.2. The van der Waals surface area contributed by atoms with Gasteiger partial charge in [-0.3, -0.25) is 0 Å². The summed E-state index contributed by atoms with van der Waals surface area (Å²) >= 11 is 3.44. The molecule has 21 heavy (non-hydrogen) atoms. The number of nitrogens with zero attached hydrogens (tertiary/aromatic N) is 3. The molecule has 106 valence electrons. The second-order valence-electron chi connectivity index (χ2n) is 4.30. The molecule has 0 aliphatic rings. The van der Waals surface area contributed by atoms with Crippen LogP contribution in [0.4, 0.5) is 0 Å². The molecule has 0 amide bonds. The van der Waals surface area contributed by atoms with Gasteiger partial charge >= 0.3 is 5.97 Å². The van der Waals surface area contributed by atoms with E-state index < -0.39 is 5.97 Å². The maximum absolute atomic E-state index is 11.4. The number of para-hydroxylation sites is 1. The van der Waals surface area contributed by atoms with Gasteiger partial charge in [-0.15, -0.1) is 5.10 Å². The number of aromatic carboxylic acids is 1. The fourth-order valence-corrected chi connectivity index (χ4v) is 2.51. The molecule has 1 heterocycles. The summed E-state index contributed by atoms with van der Waals surface area (Å²) < 4.78 is 7.45. The summed E-state index contributed by atoms with van der Waals surface area (Å²) in [5.74, 6) is -0.382. The van der Waals surface area contributed by atoms with Gasteiger partial charge in [0.05, 0.1) is 18.4 Å². The van der Waals surface area contributed by atoms with Crippen molar-refractivity contribution in [1.82, 2.24) is 15.0 Å². The van der Waals surface area contributed by atoms with Crippen LogP contribution in [0.2, 0.25) is 0 Å². The normalized spacial score (nSPS) is 10.8. The number of rotatable bonds is 3. The lowest BCUT2D eigenvalue weighted by molar-refractivity contribution is 0.0698. The zero-order chi connectivity index (χ0) is 15.0. The first kappa shape index (κ1) is 13.6. The Labute approximate surface area is 128 Å². The van der Waals surface area contributed by atoms with Gasteiger partial charge in [-0.05, 0) is 40.2 Å². The van der Waals surface area contributed by atoms with Crippen LogP contribution >= 0.6 is 15.9 Å². The predicted molar refractivity (Wildman–Crippen MR) is 80.1 cm³/mol. The smallest absolute Gasteiger partial charge is 0.337 e. The number of methoxy groups -OCH3 is 1. The number of hydrogen-bond acceptors (Lipinski definition) is 4. The van der Waals surface area contributed by atoms with Crippen LogP contribution in [0.5, 0.6) is 5.75 Å². The van der Waals surface area contributed by atoms with E-state index in [1.807, 2.05) is 6.07 Å². The van der Waals surface area contributed by atoms with Crippen LogP contribution in [0.3, 0.4) is 0 Å². The zero-order valence-electron chi connectivity index (χ0n) is 10.9. The molecule has 7 heteroatoms. The molecule has 6 nitrogen and oxygen atoms in total. The minimum Gasteiger partial charge on any atom is -0.497 e. The molecule has 1 aromatic heterocycles. The molecule has 0 radical (unpaired) electrons. The lowest BCUT2D eigenvalue weighted by Gasteiger charge is -2.08. The van der Waals surface area contributed by atoms with Crippen LogP contribution in [0, 0.1) is 0 Å². The Morgan fingerprint density at radius 1 is 1.33 bits per heavy atom. The number of ether oxygens (including phenoxy) is 1. The third-order valence-corrected chi connectivity index (χ3v) is 3.75. The van der Waals surface area contributed by atoms with E-state index in [4.69, 9.17) is 4.74 Å². The summed E-state index contributed by atoms with van der Waals surface area (Å²) in [6, 6.07) is 10.3. The van der Waals surface area contributed by atoms with E-state index in [1.54, 1.807) is 31.4 Å². The minimum absolute atomic E-state index is 0.146. The minimum atomic E-state index is -1.02. The number of carbonyl (C=O) groups is 1. The van der Waals surface area contributed by atoms with E-state index in [-0.39, 0.29) is 5.56 Å². The Morgan fingerprint density at radius 3 is 2.86 bits per heavy atom. The molecule has 3 aromatic rings. The third kappa shape index (κ3) is 2.25. The molecule has 0 aliphatic carbocycles. The summed E-state index contributed by atoms with van der Waals surface area (Å²) in [7, 11) is 1.56. The molecular formula is C14H10BrN3O3. The fourth-order valence-electron chi connectivity index (χ4n) is 2.10. The van der Waals surface area contributed by atoms with E-state index in [0.29, 0.717) is 22.5 Å². The van der Waals surface area contributed by atoms with Crippen LogP contribution in [0.1, 0.15) is 10.4 Å². The largest absolute Gasteiger partial charge is 0.497 e. The van der Waals surface area contributed by atoms with Gasteiger partial charge in [-0.1, -0.05) is 11.3 Å². The number of benzene rings is 2. The van der Waals surface area contributed by atoms with E-state index in [1.165, 1.54) is 10.7 Å². The SMILES string of the molecule is COc1ccc(Br)c(-n2nnc3cccc(C(=O)O)c32)c1. The summed E-state index contributed by atoms with van der Waals surface area (Å²) in [6.45, 7) is 0. The van der Waals surface area contributed by atoms with Crippen molar-refractivity contribution in [1.29, 1.82) is 0 Å². The van der Waals surface area contributed by atoms with E-state index in [2.05, 4.69) is 26.2 Å². The molecule has 0 fully saturated rings. The molecule has 0 saturated heterocycles. The highest BCUT2D eigenvalue weighted by molar-refractivity contribution is 9.10. The van der Waals surface area contributed by atoms with Gasteiger partial charge < -0.3 is 9.84 Å². The number of carboxylic acids is 1. The Morgan fingerprint density at radius 2 is 2.14 bits per heavy atom. The van der Waals surface area contributed by atoms with Gasteiger partial charge in [-0.25, -0.2) is 9.48 Å². The van der Waals surface area contributed by atoms with Gasteiger partial charge in [0, 0.05) is 10.5 Å². The van der Waals surface area contributed by atoms with Crippen LogP contribution < -0.4 is 4.74 Å². The van der Waals surface area contributed by atoms with Crippen molar-refractivity contribution in [3.8, 4) is 11.4 Å². The predicted octanol–water partition coefficient (Wildman–Crippen LogP) is 2.89. The molecule has 0 unspecified atom stereocenters. The summed E-state index contributed by atoms with van der Waals surface area (Å²) in [5.41, 5.74) is 1.77. The van der Waals surface area contributed by atoms with E-state index in [9.17, 15) is 9.90 Å². The second-order valence-corrected chi connectivity index (χ2v) is 5.15. The first-order chi connectivity index (χ1) is 10.1. The first-order valence-electron chi connectivity index (χ1n) is 6.03. The van der Waals surface area contributed by atoms with Crippen molar-refractivity contribution in [2.24, 2.45) is 0 Å². The standard InChI is InChI=1S/C14H10BrN3O3/c1-21-8-5-6-10(15)12(7-8)18-13-9(14(19)20)3-2-4-11(13)16-17-18/h2-7H,1H3,(H,19,20). The van der Waals surface area contributed by atoms with Crippen LogP contribution in [-0.2, 0) is 0 Å². The first-order valence-corrected chi connectivity index (χ1v) is 6.82.